The molecule has 2 aromatic rings. The summed E-state index contributed by atoms with van der Waals surface area (Å²) >= 11 is 3.57. The van der Waals surface area contributed by atoms with Crippen LogP contribution in [-0.2, 0) is 13.0 Å². The predicted molar refractivity (Wildman–Crippen MR) is 82.1 cm³/mol. The minimum Gasteiger partial charge on any atom is -0.324 e. The molecule has 1 atom stereocenters. The van der Waals surface area contributed by atoms with E-state index in [9.17, 15) is 4.39 Å². The molecule has 1 aromatic heterocycles. The average molecular weight is 340 g/mol. The third-order valence-corrected chi connectivity index (χ3v) is 4.51. The van der Waals surface area contributed by atoms with Crippen LogP contribution in [0.5, 0.6) is 0 Å². The zero-order valence-electron chi connectivity index (χ0n) is 12.0. The third kappa shape index (κ3) is 2.94. The van der Waals surface area contributed by atoms with Gasteiger partial charge in [-0.2, -0.15) is 5.10 Å². The molecule has 0 radical (unpaired) electrons. The summed E-state index contributed by atoms with van der Waals surface area (Å²) in [5, 5.41) is 4.46. The Balaban J connectivity index is 2.27. The molecule has 0 aliphatic carbocycles. The molecule has 0 spiro atoms. The number of aryl methyl sites for hydroxylation is 3. The number of hydrogen-bond donors (Lipinski definition) is 1. The van der Waals surface area contributed by atoms with E-state index in [2.05, 4.69) is 28.0 Å². The highest BCUT2D eigenvalue weighted by Gasteiger charge is 2.17. The standard InChI is InChI=1S/C15H19BrFN3/c1-4-20-14(15(16)10(3)19-20)8-13(18)11-5-6-12(17)9(2)7-11/h5-7,13H,4,8,18H2,1-3H3. The summed E-state index contributed by atoms with van der Waals surface area (Å²) in [4.78, 5) is 0. The maximum Gasteiger partial charge on any atom is 0.126 e. The SMILES string of the molecule is CCn1nc(C)c(Br)c1CC(N)c1ccc(F)c(C)c1. The van der Waals surface area contributed by atoms with Crippen LogP contribution in [0.2, 0.25) is 0 Å². The van der Waals surface area contributed by atoms with E-state index in [1.54, 1.807) is 13.0 Å². The van der Waals surface area contributed by atoms with Crippen molar-refractivity contribution in [1.82, 2.24) is 9.78 Å². The van der Waals surface area contributed by atoms with E-state index in [0.717, 1.165) is 28.0 Å². The molecule has 0 aliphatic heterocycles. The highest BCUT2D eigenvalue weighted by molar-refractivity contribution is 9.10. The van der Waals surface area contributed by atoms with Crippen LogP contribution in [0, 0.1) is 19.7 Å². The van der Waals surface area contributed by atoms with Crippen molar-refractivity contribution in [2.75, 3.05) is 0 Å². The van der Waals surface area contributed by atoms with E-state index >= 15 is 0 Å². The molecule has 5 heteroatoms. The predicted octanol–water partition coefficient (Wildman–Crippen LogP) is 3.66. The lowest BCUT2D eigenvalue weighted by atomic mass is 10.0. The maximum atomic E-state index is 13.3. The van der Waals surface area contributed by atoms with Gasteiger partial charge in [0.2, 0.25) is 0 Å². The number of nitrogens with zero attached hydrogens (tertiary/aromatic N) is 2. The number of benzene rings is 1. The molecule has 0 saturated carbocycles. The van der Waals surface area contributed by atoms with Crippen molar-refractivity contribution in [2.24, 2.45) is 5.73 Å². The second-order valence-electron chi connectivity index (χ2n) is 4.98. The van der Waals surface area contributed by atoms with E-state index < -0.39 is 0 Å². The Bertz CT molecular complexity index is 622. The lowest BCUT2D eigenvalue weighted by molar-refractivity contribution is 0.583. The van der Waals surface area contributed by atoms with Gasteiger partial charge in [0.05, 0.1) is 15.9 Å². The molecule has 3 nitrogen and oxygen atoms in total. The summed E-state index contributed by atoms with van der Waals surface area (Å²) in [6.07, 6.45) is 0.667. The first-order valence-electron chi connectivity index (χ1n) is 6.67. The molecule has 1 heterocycles. The zero-order chi connectivity index (χ0) is 14.9. The second-order valence-corrected chi connectivity index (χ2v) is 5.77. The first-order valence-corrected chi connectivity index (χ1v) is 7.46. The van der Waals surface area contributed by atoms with Gasteiger partial charge < -0.3 is 5.73 Å². The van der Waals surface area contributed by atoms with Crippen LogP contribution in [0.3, 0.4) is 0 Å². The van der Waals surface area contributed by atoms with Gasteiger partial charge in [0.25, 0.3) is 0 Å². The fourth-order valence-corrected chi connectivity index (χ4v) is 2.73. The normalized spacial score (nSPS) is 12.7. The van der Waals surface area contributed by atoms with E-state index in [0.29, 0.717) is 12.0 Å². The largest absolute Gasteiger partial charge is 0.324 e. The highest BCUT2D eigenvalue weighted by Crippen LogP contribution is 2.26. The van der Waals surface area contributed by atoms with Crippen molar-refractivity contribution in [3.63, 3.8) is 0 Å². The molecule has 0 amide bonds. The summed E-state index contributed by atoms with van der Waals surface area (Å²) in [6.45, 7) is 6.57. The summed E-state index contributed by atoms with van der Waals surface area (Å²) in [5.41, 5.74) is 9.87. The number of nitrogens with two attached hydrogens (primary N) is 1. The van der Waals surface area contributed by atoms with Gasteiger partial charge in [-0.05, 0) is 53.9 Å². The fourth-order valence-electron chi connectivity index (χ4n) is 2.29. The molecule has 0 bridgehead atoms. The van der Waals surface area contributed by atoms with Crippen LogP contribution in [-0.4, -0.2) is 9.78 Å². The Morgan fingerprint density at radius 1 is 1.40 bits per heavy atom. The topological polar surface area (TPSA) is 43.8 Å². The molecule has 2 rings (SSSR count). The summed E-state index contributed by atoms with van der Waals surface area (Å²) < 4.78 is 16.3. The number of hydrogen-bond acceptors (Lipinski definition) is 2. The van der Waals surface area contributed by atoms with Crippen molar-refractivity contribution in [2.45, 2.75) is 39.8 Å². The van der Waals surface area contributed by atoms with Crippen molar-refractivity contribution < 1.29 is 4.39 Å². The van der Waals surface area contributed by atoms with E-state index in [1.807, 2.05) is 17.7 Å². The van der Waals surface area contributed by atoms with Crippen LogP contribution in [0.4, 0.5) is 4.39 Å². The number of rotatable bonds is 4. The Kier molecular flexibility index (Phi) is 4.60. The average Bonchev–Trinajstić information content (AvgIpc) is 2.69. The van der Waals surface area contributed by atoms with Crippen molar-refractivity contribution in [1.29, 1.82) is 0 Å². The quantitative estimate of drug-likeness (QED) is 0.923. The first-order chi connectivity index (χ1) is 9.43. The van der Waals surface area contributed by atoms with Crippen molar-refractivity contribution in [3.8, 4) is 0 Å². The molecule has 108 valence electrons. The van der Waals surface area contributed by atoms with Crippen LogP contribution in [0.15, 0.2) is 22.7 Å². The van der Waals surface area contributed by atoms with Gasteiger partial charge in [0, 0.05) is 19.0 Å². The molecule has 1 unspecified atom stereocenters. The Morgan fingerprint density at radius 2 is 2.10 bits per heavy atom. The molecule has 2 N–H and O–H groups in total. The third-order valence-electron chi connectivity index (χ3n) is 3.48. The zero-order valence-corrected chi connectivity index (χ0v) is 13.5. The lowest BCUT2D eigenvalue weighted by Gasteiger charge is -2.14. The fraction of sp³-hybridized carbons (Fsp3) is 0.400. The maximum absolute atomic E-state index is 13.3. The van der Waals surface area contributed by atoms with Crippen LogP contribution in [0.1, 0.15) is 35.5 Å². The Hall–Kier alpha value is -1.20. The van der Waals surface area contributed by atoms with Crippen LogP contribution < -0.4 is 5.73 Å². The number of aromatic nitrogens is 2. The summed E-state index contributed by atoms with van der Waals surface area (Å²) in [6, 6.07) is 4.86. The van der Waals surface area contributed by atoms with Gasteiger partial charge >= 0.3 is 0 Å². The molecular weight excluding hydrogens is 321 g/mol. The van der Waals surface area contributed by atoms with Gasteiger partial charge in [0.15, 0.2) is 0 Å². The minimum atomic E-state index is -0.198. The summed E-state index contributed by atoms with van der Waals surface area (Å²) in [7, 11) is 0. The van der Waals surface area contributed by atoms with Crippen LogP contribution in [0.25, 0.3) is 0 Å². The van der Waals surface area contributed by atoms with E-state index in [4.69, 9.17) is 5.73 Å². The molecule has 1 aromatic carbocycles. The van der Waals surface area contributed by atoms with Crippen molar-refractivity contribution >= 4 is 15.9 Å². The molecular formula is C15H19BrFN3. The van der Waals surface area contributed by atoms with E-state index in [-0.39, 0.29) is 11.9 Å². The molecule has 20 heavy (non-hydrogen) atoms. The van der Waals surface area contributed by atoms with Gasteiger partial charge in [-0.25, -0.2) is 4.39 Å². The summed E-state index contributed by atoms with van der Waals surface area (Å²) in [5.74, 6) is -0.198. The molecule has 0 saturated heterocycles. The van der Waals surface area contributed by atoms with E-state index in [1.165, 1.54) is 6.07 Å². The molecule has 0 fully saturated rings. The van der Waals surface area contributed by atoms with Gasteiger partial charge in [-0.15, -0.1) is 0 Å². The Morgan fingerprint density at radius 3 is 2.70 bits per heavy atom. The van der Waals surface area contributed by atoms with Crippen LogP contribution >= 0.6 is 15.9 Å². The van der Waals surface area contributed by atoms with Gasteiger partial charge in [-0.3, -0.25) is 4.68 Å². The van der Waals surface area contributed by atoms with Gasteiger partial charge in [-0.1, -0.05) is 12.1 Å². The first kappa shape index (κ1) is 15.2. The highest BCUT2D eigenvalue weighted by atomic mass is 79.9. The van der Waals surface area contributed by atoms with Gasteiger partial charge in [0.1, 0.15) is 5.82 Å². The monoisotopic (exact) mass is 339 g/mol. The lowest BCUT2D eigenvalue weighted by Crippen LogP contribution is -2.16. The van der Waals surface area contributed by atoms with Crippen molar-refractivity contribution in [3.05, 3.63) is 51.0 Å². The molecule has 0 aliphatic rings. The smallest absolute Gasteiger partial charge is 0.126 e. The number of halogens is 2. The Labute approximate surface area is 127 Å². The second kappa shape index (κ2) is 6.06. The minimum absolute atomic E-state index is 0.174.